The zero-order chi connectivity index (χ0) is 28.1. The summed E-state index contributed by atoms with van der Waals surface area (Å²) in [4.78, 5) is 57.0. The lowest BCUT2D eigenvalue weighted by Gasteiger charge is -2.28. The fourth-order valence-electron chi connectivity index (χ4n) is 5.72. The largest absolute Gasteiger partial charge is 0.480 e. The van der Waals surface area contributed by atoms with Gasteiger partial charge in [0, 0.05) is 36.5 Å². The molecule has 0 saturated carbocycles. The highest BCUT2D eigenvalue weighted by Gasteiger charge is 2.39. The topological polar surface area (TPSA) is 144 Å². The molecule has 5 N–H and O–H groups in total. The number of aromatic nitrogens is 1. The van der Waals surface area contributed by atoms with Crippen molar-refractivity contribution in [3.63, 3.8) is 0 Å². The molecule has 0 aliphatic carbocycles. The van der Waals surface area contributed by atoms with Crippen LogP contribution >= 0.6 is 0 Å². The first-order valence-corrected chi connectivity index (χ1v) is 13.9. The van der Waals surface area contributed by atoms with Crippen LogP contribution in [0.2, 0.25) is 0 Å². The van der Waals surface area contributed by atoms with Gasteiger partial charge in [-0.2, -0.15) is 0 Å². The first-order chi connectivity index (χ1) is 19.4. The lowest BCUT2D eigenvalue weighted by atomic mass is 10.0. The summed E-state index contributed by atoms with van der Waals surface area (Å²) in [6, 6.07) is 13.7. The summed E-state index contributed by atoms with van der Waals surface area (Å²) < 4.78 is 0. The SMILES string of the molecule is O=C(O)C(Cc1c[nH]c2ccccc12)NC(=O)C(Cc1ccccc1)NC(=O)C1CCCN1C(=O)C1CCCN1. The molecule has 0 radical (unpaired) electrons. The normalized spacial score (nSPS) is 20.2. The maximum atomic E-state index is 13.5. The van der Waals surface area contributed by atoms with E-state index in [1.807, 2.05) is 54.6 Å². The fourth-order valence-corrected chi connectivity index (χ4v) is 5.72. The number of fused-ring (bicyclic) bond motifs is 1. The molecule has 4 unspecified atom stereocenters. The van der Waals surface area contributed by atoms with Crippen molar-refractivity contribution in [1.29, 1.82) is 0 Å². The van der Waals surface area contributed by atoms with Crippen LogP contribution in [0.5, 0.6) is 0 Å². The molecule has 2 fully saturated rings. The Morgan fingerprint density at radius 3 is 2.45 bits per heavy atom. The minimum Gasteiger partial charge on any atom is -0.480 e. The van der Waals surface area contributed by atoms with E-state index in [4.69, 9.17) is 0 Å². The Morgan fingerprint density at radius 1 is 0.925 bits per heavy atom. The predicted molar refractivity (Wildman–Crippen MR) is 149 cm³/mol. The van der Waals surface area contributed by atoms with Crippen molar-refractivity contribution in [1.82, 2.24) is 25.8 Å². The molecule has 4 atom stereocenters. The van der Waals surface area contributed by atoms with E-state index in [1.54, 1.807) is 11.1 Å². The fraction of sp³-hybridized carbons (Fsp3) is 0.400. The van der Waals surface area contributed by atoms with Crippen molar-refractivity contribution in [3.8, 4) is 0 Å². The number of carboxylic acid groups (broad SMARTS) is 1. The van der Waals surface area contributed by atoms with E-state index in [0.29, 0.717) is 19.4 Å². The van der Waals surface area contributed by atoms with Crippen molar-refractivity contribution < 1.29 is 24.3 Å². The highest BCUT2D eigenvalue weighted by Crippen LogP contribution is 2.22. The van der Waals surface area contributed by atoms with Crippen molar-refractivity contribution in [2.45, 2.75) is 62.7 Å². The van der Waals surface area contributed by atoms with Gasteiger partial charge in [-0.05, 0) is 49.4 Å². The van der Waals surface area contributed by atoms with Crippen LogP contribution in [0.3, 0.4) is 0 Å². The van der Waals surface area contributed by atoms with Gasteiger partial charge in [-0.15, -0.1) is 0 Å². The maximum absolute atomic E-state index is 13.5. The number of H-pyrrole nitrogens is 1. The zero-order valence-electron chi connectivity index (χ0n) is 22.3. The van der Waals surface area contributed by atoms with Gasteiger partial charge in [0.2, 0.25) is 17.7 Å². The van der Waals surface area contributed by atoms with Gasteiger partial charge < -0.3 is 30.9 Å². The highest BCUT2D eigenvalue weighted by atomic mass is 16.4. The summed E-state index contributed by atoms with van der Waals surface area (Å²) in [5, 5.41) is 19.6. The number of rotatable bonds is 10. The molecular weight excluding hydrogens is 510 g/mol. The van der Waals surface area contributed by atoms with Crippen molar-refractivity contribution in [2.75, 3.05) is 13.1 Å². The van der Waals surface area contributed by atoms with Crippen LogP contribution in [-0.4, -0.2) is 75.9 Å². The minimum absolute atomic E-state index is 0.0797. The van der Waals surface area contributed by atoms with Crippen molar-refractivity contribution >= 4 is 34.6 Å². The number of nitrogens with one attached hydrogen (secondary N) is 4. The minimum atomic E-state index is -1.19. The van der Waals surface area contributed by atoms with Gasteiger partial charge in [-0.3, -0.25) is 14.4 Å². The Labute approximate surface area is 232 Å². The van der Waals surface area contributed by atoms with E-state index in [-0.39, 0.29) is 24.8 Å². The summed E-state index contributed by atoms with van der Waals surface area (Å²) in [6.07, 6.45) is 4.90. The predicted octanol–water partition coefficient (Wildman–Crippen LogP) is 1.75. The number of hydrogen-bond donors (Lipinski definition) is 5. The van der Waals surface area contributed by atoms with Crippen LogP contribution in [0.25, 0.3) is 10.9 Å². The number of carbonyl (C=O) groups is 4. The molecule has 0 bridgehead atoms. The van der Waals surface area contributed by atoms with Crippen LogP contribution in [0.1, 0.15) is 36.8 Å². The van der Waals surface area contributed by atoms with Gasteiger partial charge in [-0.1, -0.05) is 48.5 Å². The number of benzene rings is 2. The Bertz CT molecular complexity index is 1370. The van der Waals surface area contributed by atoms with Gasteiger partial charge in [0.05, 0.1) is 6.04 Å². The molecule has 10 heteroatoms. The molecule has 40 heavy (non-hydrogen) atoms. The Balaban J connectivity index is 1.31. The molecule has 3 amide bonds. The standard InChI is InChI=1S/C30H35N5O5/c36-27(34-25(30(39)40)17-20-18-32-22-11-5-4-10-21(20)22)24(16-19-8-2-1-3-9-19)33-28(37)26-13-7-15-35(26)29(38)23-12-6-14-31-23/h1-5,8-11,18,23-26,31-32H,6-7,12-17H2,(H,33,37)(H,34,36)(H,39,40). The second-order valence-electron chi connectivity index (χ2n) is 10.6. The molecule has 2 aliphatic heterocycles. The number of amides is 3. The lowest BCUT2D eigenvalue weighted by molar-refractivity contribution is -0.143. The van der Waals surface area contributed by atoms with Gasteiger partial charge in [-0.25, -0.2) is 4.79 Å². The first-order valence-electron chi connectivity index (χ1n) is 13.9. The summed E-state index contributed by atoms with van der Waals surface area (Å²) in [7, 11) is 0. The van der Waals surface area contributed by atoms with Crippen LogP contribution in [0, 0.1) is 0 Å². The van der Waals surface area contributed by atoms with E-state index in [2.05, 4.69) is 20.9 Å². The Morgan fingerprint density at radius 2 is 1.70 bits per heavy atom. The van der Waals surface area contributed by atoms with Crippen LogP contribution in [-0.2, 0) is 32.0 Å². The van der Waals surface area contributed by atoms with Crippen molar-refractivity contribution in [3.05, 3.63) is 71.9 Å². The third-order valence-electron chi connectivity index (χ3n) is 7.83. The number of aliphatic carboxylic acids is 1. The van der Waals surface area contributed by atoms with Crippen LogP contribution in [0.4, 0.5) is 0 Å². The van der Waals surface area contributed by atoms with Crippen LogP contribution < -0.4 is 16.0 Å². The molecule has 210 valence electrons. The molecule has 10 nitrogen and oxygen atoms in total. The van der Waals surface area contributed by atoms with E-state index in [0.717, 1.165) is 41.4 Å². The highest BCUT2D eigenvalue weighted by molar-refractivity contribution is 5.95. The third kappa shape index (κ3) is 6.17. The Hall–Kier alpha value is -4.18. The molecule has 2 aromatic carbocycles. The molecule has 3 aromatic rings. The lowest BCUT2D eigenvalue weighted by Crippen LogP contribution is -2.57. The monoisotopic (exact) mass is 545 g/mol. The number of likely N-dealkylation sites (tertiary alicyclic amines) is 1. The van der Waals surface area contributed by atoms with E-state index >= 15 is 0 Å². The number of aromatic amines is 1. The van der Waals surface area contributed by atoms with Gasteiger partial charge in [0.25, 0.3) is 0 Å². The zero-order valence-corrected chi connectivity index (χ0v) is 22.3. The molecule has 2 aliphatic rings. The molecule has 2 saturated heterocycles. The third-order valence-corrected chi connectivity index (χ3v) is 7.83. The van der Waals surface area contributed by atoms with E-state index in [9.17, 15) is 24.3 Å². The smallest absolute Gasteiger partial charge is 0.326 e. The molecule has 5 rings (SSSR count). The summed E-state index contributed by atoms with van der Waals surface area (Å²) in [6.45, 7) is 1.28. The number of carbonyl (C=O) groups excluding carboxylic acids is 3. The second kappa shape index (κ2) is 12.3. The first kappa shape index (κ1) is 27.4. The average molecular weight is 546 g/mol. The van der Waals surface area contributed by atoms with Crippen molar-refractivity contribution in [2.24, 2.45) is 0 Å². The number of hydrogen-bond acceptors (Lipinski definition) is 5. The summed E-state index contributed by atoms with van der Waals surface area (Å²) >= 11 is 0. The van der Waals surface area contributed by atoms with Gasteiger partial charge in [0.15, 0.2) is 0 Å². The Kier molecular flexibility index (Phi) is 8.45. The quantitative estimate of drug-likeness (QED) is 0.263. The second-order valence-corrected chi connectivity index (χ2v) is 10.6. The van der Waals surface area contributed by atoms with Gasteiger partial charge in [0.1, 0.15) is 18.1 Å². The van der Waals surface area contributed by atoms with E-state index in [1.165, 1.54) is 0 Å². The molecule has 3 heterocycles. The molecule has 0 spiro atoms. The van der Waals surface area contributed by atoms with Gasteiger partial charge >= 0.3 is 5.97 Å². The number of nitrogens with zero attached hydrogens (tertiary/aromatic N) is 1. The number of para-hydroxylation sites is 1. The summed E-state index contributed by atoms with van der Waals surface area (Å²) in [5.74, 6) is -2.23. The molecule has 1 aromatic heterocycles. The molecular formula is C30H35N5O5. The number of carboxylic acids is 1. The van der Waals surface area contributed by atoms with Crippen LogP contribution in [0.15, 0.2) is 60.8 Å². The summed E-state index contributed by atoms with van der Waals surface area (Å²) in [5.41, 5.74) is 2.47. The average Bonchev–Trinajstić information content (AvgIpc) is 3.74. The van der Waals surface area contributed by atoms with E-state index < -0.39 is 35.9 Å². The maximum Gasteiger partial charge on any atom is 0.326 e.